The number of urea groups is 1. The molecule has 1 aromatic rings. The Hall–Kier alpha value is -1.10. The summed E-state index contributed by atoms with van der Waals surface area (Å²) in [5.74, 6) is 0.543. The van der Waals surface area contributed by atoms with E-state index < -0.39 is 0 Å². The normalized spacial score (nSPS) is 17.2. The van der Waals surface area contributed by atoms with E-state index in [0.717, 1.165) is 32.4 Å². The first-order valence-electron chi connectivity index (χ1n) is 6.15. The Labute approximate surface area is 106 Å². The number of amides is 2. The van der Waals surface area contributed by atoms with Crippen LogP contribution in [0.1, 0.15) is 36.4 Å². The number of rotatable bonds is 2. The van der Waals surface area contributed by atoms with Gasteiger partial charge in [-0.3, -0.25) is 0 Å². The molecule has 17 heavy (non-hydrogen) atoms. The van der Waals surface area contributed by atoms with Gasteiger partial charge in [0.1, 0.15) is 0 Å². The van der Waals surface area contributed by atoms with Crippen molar-refractivity contribution >= 4 is 17.4 Å². The van der Waals surface area contributed by atoms with Crippen LogP contribution in [0.4, 0.5) is 4.79 Å². The van der Waals surface area contributed by atoms with Crippen molar-refractivity contribution < 1.29 is 4.79 Å². The van der Waals surface area contributed by atoms with Gasteiger partial charge in [0.2, 0.25) is 0 Å². The minimum absolute atomic E-state index is 0.0387. The fraction of sp³-hybridized carbons (Fsp3) is 0.667. The first-order chi connectivity index (χ1) is 8.24. The summed E-state index contributed by atoms with van der Waals surface area (Å²) in [5, 5.41) is 6.08. The van der Waals surface area contributed by atoms with Crippen LogP contribution in [0.2, 0.25) is 0 Å². The molecule has 4 nitrogen and oxygen atoms in total. The predicted molar refractivity (Wildman–Crippen MR) is 69.5 cm³/mol. The average Bonchev–Trinajstić information content (AvgIpc) is 2.87. The van der Waals surface area contributed by atoms with E-state index in [4.69, 9.17) is 0 Å². The molecule has 94 valence electrons. The lowest BCUT2D eigenvalue weighted by Gasteiger charge is -2.30. The molecule has 0 radical (unpaired) electrons. The zero-order valence-electron chi connectivity index (χ0n) is 10.4. The molecule has 2 amide bonds. The largest absolute Gasteiger partial charge is 0.341 e. The minimum Gasteiger partial charge on any atom is -0.341 e. The molecule has 0 atom stereocenters. The number of aromatic nitrogens is 1. The fourth-order valence-corrected chi connectivity index (χ4v) is 3.23. The van der Waals surface area contributed by atoms with Crippen LogP contribution >= 0.6 is 11.3 Å². The lowest BCUT2D eigenvalue weighted by Crippen LogP contribution is -2.42. The summed E-state index contributed by atoms with van der Waals surface area (Å²) in [6.45, 7) is 3.81. The van der Waals surface area contributed by atoms with Gasteiger partial charge in [-0.2, -0.15) is 0 Å². The average molecular weight is 253 g/mol. The van der Waals surface area contributed by atoms with Gasteiger partial charge in [0.15, 0.2) is 0 Å². The Bertz CT molecular complexity index is 383. The smallest absolute Gasteiger partial charge is 0.317 e. The van der Waals surface area contributed by atoms with E-state index in [1.54, 1.807) is 18.4 Å². The van der Waals surface area contributed by atoms with Crippen molar-refractivity contribution in [3.05, 3.63) is 16.1 Å². The Kier molecular flexibility index (Phi) is 3.99. The number of hydrogen-bond donors (Lipinski definition) is 1. The molecular formula is C12H19N3OS. The van der Waals surface area contributed by atoms with Crippen molar-refractivity contribution in [2.24, 2.45) is 0 Å². The van der Waals surface area contributed by atoms with E-state index in [0.29, 0.717) is 5.92 Å². The molecule has 0 aliphatic carbocycles. The second-order valence-corrected chi connectivity index (χ2v) is 5.24. The van der Waals surface area contributed by atoms with Crippen LogP contribution in [0.15, 0.2) is 5.38 Å². The third kappa shape index (κ3) is 2.77. The van der Waals surface area contributed by atoms with Crippen molar-refractivity contribution in [3.8, 4) is 0 Å². The minimum atomic E-state index is 0.0387. The van der Waals surface area contributed by atoms with Gasteiger partial charge in [0.05, 0.1) is 10.7 Å². The molecule has 1 N–H and O–H groups in total. The van der Waals surface area contributed by atoms with Crippen LogP contribution in [0.3, 0.4) is 0 Å². The van der Waals surface area contributed by atoms with Gasteiger partial charge < -0.3 is 10.2 Å². The maximum Gasteiger partial charge on any atom is 0.317 e. The SMILES string of the molecule is CCc1csc(C2CCN(C(=O)NC)CC2)n1. The molecule has 1 aliphatic rings. The third-order valence-electron chi connectivity index (χ3n) is 3.28. The van der Waals surface area contributed by atoms with E-state index in [1.165, 1.54) is 10.7 Å². The summed E-state index contributed by atoms with van der Waals surface area (Å²) in [6, 6.07) is 0.0387. The highest BCUT2D eigenvalue weighted by molar-refractivity contribution is 7.09. The topological polar surface area (TPSA) is 45.2 Å². The number of likely N-dealkylation sites (tertiary alicyclic amines) is 1. The quantitative estimate of drug-likeness (QED) is 0.878. The van der Waals surface area contributed by atoms with Crippen LogP contribution in [-0.4, -0.2) is 36.1 Å². The lowest BCUT2D eigenvalue weighted by molar-refractivity contribution is 0.183. The number of thiazole rings is 1. The molecular weight excluding hydrogens is 234 g/mol. The maximum atomic E-state index is 11.5. The lowest BCUT2D eigenvalue weighted by atomic mass is 9.98. The van der Waals surface area contributed by atoms with Gasteiger partial charge in [-0.25, -0.2) is 9.78 Å². The summed E-state index contributed by atoms with van der Waals surface area (Å²) in [4.78, 5) is 18.0. The Balaban J connectivity index is 1.92. The van der Waals surface area contributed by atoms with Crippen molar-refractivity contribution in [1.82, 2.24) is 15.2 Å². The highest BCUT2D eigenvalue weighted by Gasteiger charge is 2.24. The highest BCUT2D eigenvalue weighted by Crippen LogP contribution is 2.30. The van der Waals surface area contributed by atoms with E-state index in [-0.39, 0.29) is 6.03 Å². The summed E-state index contributed by atoms with van der Waals surface area (Å²) < 4.78 is 0. The van der Waals surface area contributed by atoms with E-state index >= 15 is 0 Å². The van der Waals surface area contributed by atoms with Gasteiger partial charge in [-0.15, -0.1) is 11.3 Å². The second-order valence-electron chi connectivity index (χ2n) is 4.35. The number of piperidine rings is 1. The molecule has 0 aromatic carbocycles. The van der Waals surface area contributed by atoms with Crippen LogP contribution in [-0.2, 0) is 6.42 Å². The van der Waals surface area contributed by atoms with E-state index in [9.17, 15) is 4.79 Å². The van der Waals surface area contributed by atoms with Crippen LogP contribution in [0.5, 0.6) is 0 Å². The number of hydrogen-bond acceptors (Lipinski definition) is 3. The summed E-state index contributed by atoms with van der Waals surface area (Å²) in [5.41, 5.74) is 1.19. The molecule has 2 rings (SSSR count). The van der Waals surface area contributed by atoms with Gasteiger partial charge in [-0.05, 0) is 19.3 Å². The van der Waals surface area contributed by atoms with Crippen molar-refractivity contribution in [2.75, 3.05) is 20.1 Å². The number of carbonyl (C=O) groups is 1. The maximum absolute atomic E-state index is 11.5. The Morgan fingerprint density at radius 3 is 2.82 bits per heavy atom. The standard InChI is InChI=1S/C12H19N3OS/c1-3-10-8-17-11(14-10)9-4-6-15(7-5-9)12(16)13-2/h8-9H,3-7H2,1-2H3,(H,13,16). The molecule has 2 heterocycles. The fourth-order valence-electron chi connectivity index (χ4n) is 2.16. The number of nitrogens with one attached hydrogen (secondary N) is 1. The summed E-state index contributed by atoms with van der Waals surface area (Å²) >= 11 is 1.77. The van der Waals surface area contributed by atoms with Crippen molar-refractivity contribution in [2.45, 2.75) is 32.1 Å². The molecule has 0 bridgehead atoms. The zero-order valence-corrected chi connectivity index (χ0v) is 11.2. The van der Waals surface area contributed by atoms with Gasteiger partial charge in [0.25, 0.3) is 0 Å². The van der Waals surface area contributed by atoms with Gasteiger partial charge in [0, 0.05) is 31.4 Å². The Morgan fingerprint density at radius 1 is 1.59 bits per heavy atom. The van der Waals surface area contributed by atoms with Crippen molar-refractivity contribution in [1.29, 1.82) is 0 Å². The molecule has 1 saturated heterocycles. The van der Waals surface area contributed by atoms with E-state index in [2.05, 4.69) is 22.6 Å². The Morgan fingerprint density at radius 2 is 2.29 bits per heavy atom. The molecule has 0 saturated carbocycles. The van der Waals surface area contributed by atoms with Crippen LogP contribution in [0.25, 0.3) is 0 Å². The predicted octanol–water partition coefficient (Wildman–Crippen LogP) is 2.22. The van der Waals surface area contributed by atoms with Crippen molar-refractivity contribution in [3.63, 3.8) is 0 Å². The highest BCUT2D eigenvalue weighted by atomic mass is 32.1. The molecule has 0 spiro atoms. The van der Waals surface area contributed by atoms with Crippen LogP contribution in [0, 0.1) is 0 Å². The molecule has 5 heteroatoms. The number of carbonyl (C=O) groups excluding carboxylic acids is 1. The number of nitrogens with zero attached hydrogens (tertiary/aromatic N) is 2. The first kappa shape index (κ1) is 12.4. The summed E-state index contributed by atoms with van der Waals surface area (Å²) in [6.07, 6.45) is 3.07. The second kappa shape index (κ2) is 5.49. The first-order valence-corrected chi connectivity index (χ1v) is 7.03. The third-order valence-corrected chi connectivity index (χ3v) is 4.33. The summed E-state index contributed by atoms with van der Waals surface area (Å²) in [7, 11) is 1.68. The van der Waals surface area contributed by atoms with Gasteiger partial charge in [-0.1, -0.05) is 6.92 Å². The van der Waals surface area contributed by atoms with Crippen LogP contribution < -0.4 is 5.32 Å². The molecule has 1 aromatic heterocycles. The molecule has 0 unspecified atom stereocenters. The molecule has 1 aliphatic heterocycles. The molecule has 1 fully saturated rings. The zero-order chi connectivity index (χ0) is 12.3. The van der Waals surface area contributed by atoms with Gasteiger partial charge >= 0.3 is 6.03 Å². The number of aryl methyl sites for hydroxylation is 1. The monoisotopic (exact) mass is 253 g/mol. The van der Waals surface area contributed by atoms with E-state index in [1.807, 2.05) is 4.90 Å².